The van der Waals surface area contributed by atoms with Crippen LogP contribution in [0.4, 0.5) is 11.6 Å². The van der Waals surface area contributed by atoms with Crippen molar-refractivity contribution in [2.24, 2.45) is 5.92 Å². The number of halogens is 1. The summed E-state index contributed by atoms with van der Waals surface area (Å²) in [6.45, 7) is 1.58. The normalized spacial score (nSPS) is 14.3. The molecule has 0 amide bonds. The van der Waals surface area contributed by atoms with Gasteiger partial charge in [0.25, 0.3) is 0 Å². The second kappa shape index (κ2) is 10.9. The predicted molar refractivity (Wildman–Crippen MR) is 148 cm³/mol. The number of aliphatic carboxylic acids is 1. The fraction of sp³-hybridized carbons (Fsp3) is 0.250. The molecule has 40 heavy (non-hydrogen) atoms. The highest BCUT2D eigenvalue weighted by Crippen LogP contribution is 2.48. The molecule has 0 aliphatic heterocycles. The van der Waals surface area contributed by atoms with Gasteiger partial charge in [-0.15, -0.1) is 0 Å². The van der Waals surface area contributed by atoms with Crippen molar-refractivity contribution in [3.63, 3.8) is 0 Å². The third-order valence-electron chi connectivity index (χ3n) is 6.99. The Labute approximate surface area is 233 Å². The molecule has 12 heteroatoms. The van der Waals surface area contributed by atoms with E-state index in [-0.39, 0.29) is 12.5 Å². The minimum atomic E-state index is -1.11. The molecule has 2 heterocycles. The van der Waals surface area contributed by atoms with Gasteiger partial charge >= 0.3 is 17.3 Å². The van der Waals surface area contributed by atoms with Crippen LogP contribution >= 0.6 is 11.6 Å². The minimum absolute atomic E-state index is 0.0190. The number of benzene rings is 2. The first-order valence-electron chi connectivity index (χ1n) is 12.5. The summed E-state index contributed by atoms with van der Waals surface area (Å²) in [7, 11) is 1.55. The number of carboxylic acid groups (broad SMARTS) is 1. The molecule has 1 saturated carbocycles. The van der Waals surface area contributed by atoms with E-state index in [2.05, 4.69) is 15.3 Å². The lowest BCUT2D eigenvalue weighted by Gasteiger charge is -2.23. The Morgan fingerprint density at radius 2 is 1.75 bits per heavy atom. The molecule has 2 aromatic heterocycles. The molecule has 0 bridgehead atoms. The van der Waals surface area contributed by atoms with Crippen LogP contribution < -0.4 is 26.2 Å². The molecule has 5 rings (SSSR count). The van der Waals surface area contributed by atoms with Crippen molar-refractivity contribution >= 4 is 29.2 Å². The number of nitrogens with one attached hydrogen (secondary N) is 1. The zero-order valence-corrected chi connectivity index (χ0v) is 22.5. The van der Waals surface area contributed by atoms with Crippen LogP contribution in [0.25, 0.3) is 0 Å². The monoisotopic (exact) mass is 563 g/mol. The molecule has 0 spiro atoms. The number of nitrogens with zero attached hydrogens (tertiary/aromatic N) is 4. The summed E-state index contributed by atoms with van der Waals surface area (Å²) in [5, 5.41) is 13.2. The Balaban J connectivity index is 1.48. The van der Waals surface area contributed by atoms with Gasteiger partial charge in [-0.05, 0) is 67.8 Å². The second-order valence-electron chi connectivity index (χ2n) is 9.50. The van der Waals surface area contributed by atoms with Crippen LogP contribution in [0.2, 0.25) is 5.02 Å². The molecule has 11 nitrogen and oxygen atoms in total. The van der Waals surface area contributed by atoms with Crippen molar-refractivity contribution in [3.05, 3.63) is 98.4 Å². The van der Waals surface area contributed by atoms with Crippen LogP contribution in [0.5, 0.6) is 17.4 Å². The highest BCUT2D eigenvalue weighted by Gasteiger charge is 2.54. The van der Waals surface area contributed by atoms with Crippen LogP contribution in [-0.4, -0.2) is 37.3 Å². The number of pyridine rings is 1. The fourth-order valence-electron chi connectivity index (χ4n) is 4.50. The van der Waals surface area contributed by atoms with E-state index in [4.69, 9.17) is 21.1 Å². The SMILES string of the molecule is COc1ccc(Oc2ccc(Nc3nc(=O)n(C4([C@@H](C)C(=O)O)CC4)c(=O)n3Cc3ccc(Cl)cc3)cc2)nc1. The van der Waals surface area contributed by atoms with Gasteiger partial charge in [0.2, 0.25) is 11.8 Å². The van der Waals surface area contributed by atoms with E-state index in [0.29, 0.717) is 40.9 Å². The summed E-state index contributed by atoms with van der Waals surface area (Å²) >= 11 is 6.03. The first kappa shape index (κ1) is 26.9. The zero-order chi connectivity index (χ0) is 28.4. The molecular weight excluding hydrogens is 538 g/mol. The zero-order valence-electron chi connectivity index (χ0n) is 21.7. The third kappa shape index (κ3) is 5.41. The van der Waals surface area contributed by atoms with Crippen LogP contribution in [0, 0.1) is 5.92 Å². The van der Waals surface area contributed by atoms with Gasteiger partial charge in [-0.2, -0.15) is 4.98 Å². The number of carbonyl (C=O) groups is 1. The Hall–Kier alpha value is -4.64. The molecule has 0 saturated heterocycles. The molecule has 2 N–H and O–H groups in total. The van der Waals surface area contributed by atoms with E-state index in [1.165, 1.54) is 11.5 Å². The van der Waals surface area contributed by atoms with Crippen molar-refractivity contribution in [1.82, 2.24) is 19.1 Å². The van der Waals surface area contributed by atoms with Crippen molar-refractivity contribution in [3.8, 4) is 17.4 Å². The van der Waals surface area contributed by atoms with Crippen molar-refractivity contribution < 1.29 is 19.4 Å². The van der Waals surface area contributed by atoms with E-state index >= 15 is 0 Å². The van der Waals surface area contributed by atoms with Gasteiger partial charge in [0.1, 0.15) is 11.5 Å². The van der Waals surface area contributed by atoms with Gasteiger partial charge in [0.05, 0.1) is 31.3 Å². The van der Waals surface area contributed by atoms with Crippen LogP contribution in [0.3, 0.4) is 0 Å². The standard InChI is InChI=1S/C28H26ClN5O6/c1-17(24(35)36)28(13-14-28)34-26(37)32-25(33(27(34)38)16-18-3-5-19(29)6-4-18)31-20-7-9-21(10-8-20)40-23-12-11-22(39-2)15-30-23/h3-12,15,17H,13-14,16H2,1-2H3,(H,35,36)(H,31,32,37)/t17-/m0/s1. The lowest BCUT2D eigenvalue weighted by Crippen LogP contribution is -2.50. The Morgan fingerprint density at radius 1 is 1.07 bits per heavy atom. The number of carboxylic acids is 1. The molecule has 1 atom stereocenters. The largest absolute Gasteiger partial charge is 0.495 e. The molecule has 2 aromatic carbocycles. The summed E-state index contributed by atoms with van der Waals surface area (Å²) in [6, 6.07) is 17.1. The minimum Gasteiger partial charge on any atom is -0.495 e. The average Bonchev–Trinajstić information content (AvgIpc) is 3.74. The van der Waals surface area contributed by atoms with Crippen LogP contribution in [0.15, 0.2) is 76.4 Å². The van der Waals surface area contributed by atoms with Gasteiger partial charge in [-0.3, -0.25) is 9.36 Å². The summed E-state index contributed by atoms with van der Waals surface area (Å²) < 4.78 is 13.2. The van der Waals surface area contributed by atoms with Crippen LogP contribution in [0.1, 0.15) is 25.3 Å². The lowest BCUT2D eigenvalue weighted by atomic mass is 9.99. The third-order valence-corrected chi connectivity index (χ3v) is 7.24. The molecule has 4 aromatic rings. The van der Waals surface area contributed by atoms with E-state index in [1.54, 1.807) is 74.0 Å². The summed E-state index contributed by atoms with van der Waals surface area (Å²) in [6.07, 6.45) is 2.34. The first-order chi connectivity index (χ1) is 19.2. The van der Waals surface area contributed by atoms with Crippen LogP contribution in [-0.2, 0) is 16.9 Å². The molecular formula is C28H26ClN5O6. The van der Waals surface area contributed by atoms with Gasteiger partial charge in [0, 0.05) is 16.8 Å². The van der Waals surface area contributed by atoms with Gasteiger partial charge in [-0.1, -0.05) is 23.7 Å². The second-order valence-corrected chi connectivity index (χ2v) is 9.94. The van der Waals surface area contributed by atoms with Crippen molar-refractivity contribution in [1.29, 1.82) is 0 Å². The molecule has 1 fully saturated rings. The van der Waals surface area contributed by atoms with Gasteiger partial charge in [0.15, 0.2) is 0 Å². The first-order valence-corrected chi connectivity index (χ1v) is 12.8. The maximum absolute atomic E-state index is 13.8. The number of hydrogen-bond acceptors (Lipinski definition) is 8. The Bertz CT molecular complexity index is 1650. The number of anilines is 2. The quantitative estimate of drug-likeness (QED) is 0.290. The Kier molecular flexibility index (Phi) is 7.31. The maximum atomic E-state index is 13.8. The molecule has 0 radical (unpaired) electrons. The van der Waals surface area contributed by atoms with E-state index < -0.39 is 28.8 Å². The van der Waals surface area contributed by atoms with Gasteiger partial charge < -0.3 is 19.9 Å². The average molecular weight is 564 g/mol. The highest BCUT2D eigenvalue weighted by molar-refractivity contribution is 6.30. The summed E-state index contributed by atoms with van der Waals surface area (Å²) in [4.78, 5) is 47.1. The summed E-state index contributed by atoms with van der Waals surface area (Å²) in [5.41, 5.74) is -1.27. The van der Waals surface area contributed by atoms with E-state index in [0.717, 1.165) is 10.1 Å². The molecule has 0 unspecified atom stereocenters. The molecule has 1 aliphatic carbocycles. The number of rotatable bonds is 10. The highest BCUT2D eigenvalue weighted by atomic mass is 35.5. The number of aromatic nitrogens is 4. The van der Waals surface area contributed by atoms with Crippen molar-refractivity contribution in [2.75, 3.05) is 12.4 Å². The fourth-order valence-corrected chi connectivity index (χ4v) is 4.62. The molecule has 206 valence electrons. The number of ether oxygens (including phenoxy) is 2. The predicted octanol–water partition coefficient (Wildman–Crippen LogP) is 4.26. The smallest absolute Gasteiger partial charge is 0.355 e. The summed E-state index contributed by atoms with van der Waals surface area (Å²) in [5.74, 6) is -0.490. The van der Waals surface area contributed by atoms with Crippen molar-refractivity contribution in [2.45, 2.75) is 31.8 Å². The van der Waals surface area contributed by atoms with Gasteiger partial charge in [-0.25, -0.2) is 19.1 Å². The number of hydrogen-bond donors (Lipinski definition) is 2. The topological polar surface area (TPSA) is 138 Å². The lowest BCUT2D eigenvalue weighted by molar-refractivity contribution is -0.143. The number of methoxy groups -OCH3 is 1. The molecule has 1 aliphatic rings. The van der Waals surface area contributed by atoms with E-state index in [9.17, 15) is 19.5 Å². The maximum Gasteiger partial charge on any atom is 0.355 e. The Morgan fingerprint density at radius 3 is 2.33 bits per heavy atom. The van der Waals surface area contributed by atoms with E-state index in [1.807, 2.05) is 0 Å².